The lowest BCUT2D eigenvalue weighted by Gasteiger charge is -2.33. The molecule has 0 radical (unpaired) electrons. The third-order valence-corrected chi connectivity index (χ3v) is 3.82. The summed E-state index contributed by atoms with van der Waals surface area (Å²) in [4.78, 5) is 2.35. The summed E-state index contributed by atoms with van der Waals surface area (Å²) in [5.74, 6) is 0. The van der Waals surface area contributed by atoms with Crippen LogP contribution in [0.3, 0.4) is 0 Å². The van der Waals surface area contributed by atoms with Crippen LogP contribution in [0.2, 0.25) is 0 Å². The number of benzene rings is 2. The van der Waals surface area contributed by atoms with E-state index in [0.29, 0.717) is 6.17 Å². The van der Waals surface area contributed by atoms with Gasteiger partial charge in [-0.3, -0.25) is 0 Å². The van der Waals surface area contributed by atoms with E-state index in [1.807, 2.05) is 0 Å². The smallest absolute Gasteiger partial charge is 0.103 e. The van der Waals surface area contributed by atoms with Gasteiger partial charge in [0.2, 0.25) is 0 Å². The standard InChI is InChI=1S/C15H14N2/c1-2-4-12-11(3-1)5-7-14-13(12)6-8-15-16-9-10-17(14)15/h1-5,7,9-10,15-16H,6,8H2. The van der Waals surface area contributed by atoms with Crippen LogP contribution in [0.1, 0.15) is 12.0 Å². The molecule has 2 aromatic carbocycles. The maximum Gasteiger partial charge on any atom is 0.103 e. The highest BCUT2D eigenvalue weighted by Gasteiger charge is 2.27. The molecular weight excluding hydrogens is 208 g/mol. The lowest BCUT2D eigenvalue weighted by atomic mass is 9.94. The number of aryl methyl sites for hydroxylation is 1. The fourth-order valence-corrected chi connectivity index (χ4v) is 3.00. The molecule has 0 spiro atoms. The molecule has 2 aromatic rings. The predicted molar refractivity (Wildman–Crippen MR) is 70.8 cm³/mol. The molecule has 0 saturated heterocycles. The van der Waals surface area contributed by atoms with E-state index in [-0.39, 0.29) is 0 Å². The Balaban J connectivity index is 1.99. The number of anilines is 1. The maximum atomic E-state index is 3.39. The minimum Gasteiger partial charge on any atom is -0.370 e. The Labute approximate surface area is 101 Å². The van der Waals surface area contributed by atoms with Gasteiger partial charge in [0, 0.05) is 18.1 Å². The molecule has 0 amide bonds. The SMILES string of the molecule is C1=CN2c3ccc4ccccc4c3CCC2N1. The van der Waals surface area contributed by atoms with Crippen molar-refractivity contribution >= 4 is 16.5 Å². The molecular formula is C15H14N2. The van der Waals surface area contributed by atoms with Gasteiger partial charge in [0.05, 0.1) is 0 Å². The van der Waals surface area contributed by atoms with Crippen LogP contribution < -0.4 is 10.2 Å². The van der Waals surface area contributed by atoms with Crippen LogP contribution in [0.4, 0.5) is 5.69 Å². The summed E-state index contributed by atoms with van der Waals surface area (Å²) in [7, 11) is 0. The molecule has 2 heterocycles. The Kier molecular flexibility index (Phi) is 1.75. The Bertz CT molecular complexity index is 615. The van der Waals surface area contributed by atoms with Crippen molar-refractivity contribution in [2.45, 2.75) is 19.0 Å². The summed E-state index contributed by atoms with van der Waals surface area (Å²) in [5, 5.41) is 6.15. The largest absolute Gasteiger partial charge is 0.370 e. The molecule has 0 fully saturated rings. The number of hydrogen-bond acceptors (Lipinski definition) is 2. The normalized spacial score (nSPS) is 21.2. The number of rotatable bonds is 0. The monoisotopic (exact) mass is 222 g/mol. The highest BCUT2D eigenvalue weighted by Crippen LogP contribution is 2.36. The van der Waals surface area contributed by atoms with Crippen molar-refractivity contribution in [2.75, 3.05) is 4.90 Å². The van der Waals surface area contributed by atoms with E-state index in [1.54, 1.807) is 0 Å². The van der Waals surface area contributed by atoms with Crippen LogP contribution in [-0.2, 0) is 6.42 Å². The van der Waals surface area contributed by atoms with Gasteiger partial charge in [-0.1, -0.05) is 30.3 Å². The van der Waals surface area contributed by atoms with E-state index in [9.17, 15) is 0 Å². The quantitative estimate of drug-likeness (QED) is 0.737. The van der Waals surface area contributed by atoms with E-state index in [1.165, 1.54) is 28.4 Å². The average molecular weight is 222 g/mol. The van der Waals surface area contributed by atoms with Crippen molar-refractivity contribution < 1.29 is 0 Å². The molecule has 2 aliphatic heterocycles. The van der Waals surface area contributed by atoms with Gasteiger partial charge in [-0.05, 0) is 35.2 Å². The molecule has 0 aliphatic carbocycles. The molecule has 4 rings (SSSR count). The Morgan fingerprint density at radius 2 is 2.06 bits per heavy atom. The fourth-order valence-electron chi connectivity index (χ4n) is 3.00. The van der Waals surface area contributed by atoms with E-state index < -0.39 is 0 Å². The number of nitrogens with one attached hydrogen (secondary N) is 1. The van der Waals surface area contributed by atoms with Crippen LogP contribution in [0.5, 0.6) is 0 Å². The Morgan fingerprint density at radius 1 is 1.12 bits per heavy atom. The van der Waals surface area contributed by atoms with Crippen molar-refractivity contribution in [3.63, 3.8) is 0 Å². The second kappa shape index (κ2) is 3.27. The minimum atomic E-state index is 0.462. The van der Waals surface area contributed by atoms with Gasteiger partial charge < -0.3 is 10.2 Å². The first-order chi connectivity index (χ1) is 8.43. The molecule has 0 saturated carbocycles. The van der Waals surface area contributed by atoms with Gasteiger partial charge in [0.1, 0.15) is 6.17 Å². The van der Waals surface area contributed by atoms with Gasteiger partial charge in [0.25, 0.3) is 0 Å². The van der Waals surface area contributed by atoms with Crippen LogP contribution >= 0.6 is 0 Å². The number of hydrogen-bond donors (Lipinski definition) is 1. The summed E-state index contributed by atoms with van der Waals surface area (Å²) in [5.41, 5.74) is 2.86. The zero-order valence-corrected chi connectivity index (χ0v) is 9.56. The number of fused-ring (bicyclic) bond motifs is 5. The molecule has 2 aliphatic rings. The molecule has 2 nitrogen and oxygen atoms in total. The van der Waals surface area contributed by atoms with Gasteiger partial charge in [-0.2, -0.15) is 0 Å². The topological polar surface area (TPSA) is 15.3 Å². The van der Waals surface area contributed by atoms with Crippen LogP contribution in [-0.4, -0.2) is 6.17 Å². The summed E-state index contributed by atoms with van der Waals surface area (Å²) in [6.45, 7) is 0. The minimum absolute atomic E-state index is 0.462. The molecule has 84 valence electrons. The summed E-state index contributed by atoms with van der Waals surface area (Å²) < 4.78 is 0. The van der Waals surface area contributed by atoms with Crippen LogP contribution in [0, 0.1) is 0 Å². The van der Waals surface area contributed by atoms with Crippen molar-refractivity contribution in [1.29, 1.82) is 0 Å². The number of nitrogens with zero attached hydrogens (tertiary/aromatic N) is 1. The van der Waals surface area contributed by atoms with Gasteiger partial charge in [-0.15, -0.1) is 0 Å². The lowest BCUT2D eigenvalue weighted by molar-refractivity contribution is 0.554. The van der Waals surface area contributed by atoms with Crippen molar-refractivity contribution in [3.05, 3.63) is 54.4 Å². The molecule has 17 heavy (non-hydrogen) atoms. The first-order valence-corrected chi connectivity index (χ1v) is 6.15. The second-order valence-electron chi connectivity index (χ2n) is 4.73. The van der Waals surface area contributed by atoms with E-state index in [2.05, 4.69) is 59.0 Å². The zero-order chi connectivity index (χ0) is 11.2. The van der Waals surface area contributed by atoms with Crippen molar-refractivity contribution in [2.24, 2.45) is 0 Å². The average Bonchev–Trinajstić information content (AvgIpc) is 2.86. The van der Waals surface area contributed by atoms with Gasteiger partial charge in [0.15, 0.2) is 0 Å². The fraction of sp³-hybridized carbons (Fsp3) is 0.200. The molecule has 2 heteroatoms. The first kappa shape index (κ1) is 9.11. The lowest BCUT2D eigenvalue weighted by Crippen LogP contribution is -2.38. The Hall–Kier alpha value is -1.96. The zero-order valence-electron chi connectivity index (χ0n) is 9.56. The van der Waals surface area contributed by atoms with Crippen molar-refractivity contribution in [3.8, 4) is 0 Å². The van der Waals surface area contributed by atoms with E-state index in [0.717, 1.165) is 6.42 Å². The van der Waals surface area contributed by atoms with E-state index in [4.69, 9.17) is 0 Å². The predicted octanol–water partition coefficient (Wildman–Crippen LogP) is 2.99. The maximum absolute atomic E-state index is 3.39. The first-order valence-electron chi connectivity index (χ1n) is 6.15. The second-order valence-corrected chi connectivity index (χ2v) is 4.73. The summed E-state index contributed by atoms with van der Waals surface area (Å²) in [6.07, 6.45) is 7.00. The Morgan fingerprint density at radius 3 is 3.06 bits per heavy atom. The van der Waals surface area contributed by atoms with Crippen molar-refractivity contribution in [1.82, 2.24) is 5.32 Å². The molecule has 1 N–H and O–H groups in total. The summed E-state index contributed by atoms with van der Waals surface area (Å²) in [6, 6.07) is 13.1. The van der Waals surface area contributed by atoms with Crippen LogP contribution in [0.15, 0.2) is 48.8 Å². The van der Waals surface area contributed by atoms with Gasteiger partial charge in [-0.25, -0.2) is 0 Å². The molecule has 0 aromatic heterocycles. The molecule has 0 bridgehead atoms. The third-order valence-electron chi connectivity index (χ3n) is 3.82. The molecule has 1 atom stereocenters. The van der Waals surface area contributed by atoms with E-state index >= 15 is 0 Å². The van der Waals surface area contributed by atoms with Gasteiger partial charge >= 0.3 is 0 Å². The van der Waals surface area contributed by atoms with Crippen LogP contribution in [0.25, 0.3) is 10.8 Å². The molecule has 1 unspecified atom stereocenters. The summed E-state index contributed by atoms with van der Waals surface area (Å²) >= 11 is 0. The third kappa shape index (κ3) is 1.21. The highest BCUT2D eigenvalue weighted by molar-refractivity contribution is 5.91. The highest BCUT2D eigenvalue weighted by atomic mass is 15.3.